The second-order valence-electron chi connectivity index (χ2n) is 5.77. The third-order valence-electron chi connectivity index (χ3n) is 4.70. The van der Waals surface area contributed by atoms with Crippen LogP contribution >= 0.6 is 0 Å². The molecule has 2 aliphatic rings. The second-order valence-corrected chi connectivity index (χ2v) is 5.77. The van der Waals surface area contributed by atoms with Crippen molar-refractivity contribution in [2.75, 3.05) is 32.5 Å². The lowest BCUT2D eigenvalue weighted by Gasteiger charge is -2.25. The minimum absolute atomic E-state index is 0.0584. The number of carbonyl (C=O) groups excluding carboxylic acids is 1. The van der Waals surface area contributed by atoms with Gasteiger partial charge in [0.1, 0.15) is 5.69 Å². The van der Waals surface area contributed by atoms with Crippen LogP contribution in [-0.4, -0.2) is 60.0 Å². The van der Waals surface area contributed by atoms with Crippen LogP contribution < -0.4 is 5.32 Å². The normalized spacial score (nSPS) is 26.4. The summed E-state index contributed by atoms with van der Waals surface area (Å²) in [6.45, 7) is 1.67. The molecular weight excluding hydrogens is 252 g/mol. The zero-order chi connectivity index (χ0) is 14.1. The highest BCUT2D eigenvalue weighted by molar-refractivity contribution is 5.93. The maximum Gasteiger partial charge on any atom is 0.272 e. The summed E-state index contributed by atoms with van der Waals surface area (Å²) in [5.74, 6) is 0.0584. The molecule has 0 spiro atoms. The molecule has 5 heteroatoms. The molecular formula is C15H22N4O. The Morgan fingerprint density at radius 2 is 2.15 bits per heavy atom. The predicted molar refractivity (Wildman–Crippen MR) is 78.9 cm³/mol. The molecule has 2 saturated heterocycles. The van der Waals surface area contributed by atoms with Crippen LogP contribution in [0.15, 0.2) is 18.3 Å². The topological polar surface area (TPSA) is 48.5 Å². The van der Waals surface area contributed by atoms with Gasteiger partial charge in [-0.05, 0) is 38.4 Å². The van der Waals surface area contributed by atoms with Gasteiger partial charge in [0, 0.05) is 44.1 Å². The van der Waals surface area contributed by atoms with E-state index in [0.717, 1.165) is 25.2 Å². The van der Waals surface area contributed by atoms with Gasteiger partial charge in [0.05, 0.1) is 0 Å². The third kappa shape index (κ3) is 2.38. The molecule has 0 aromatic carbocycles. The number of pyridine rings is 1. The summed E-state index contributed by atoms with van der Waals surface area (Å²) in [6, 6.07) is 4.86. The molecule has 1 aromatic rings. The van der Waals surface area contributed by atoms with E-state index in [0.29, 0.717) is 17.8 Å². The molecule has 0 radical (unpaired) electrons. The Bertz CT molecular complexity index is 504. The fourth-order valence-electron chi connectivity index (χ4n) is 3.36. The summed E-state index contributed by atoms with van der Waals surface area (Å²) in [4.78, 5) is 21.3. The molecule has 108 valence electrons. The molecule has 1 amide bonds. The van der Waals surface area contributed by atoms with Crippen LogP contribution in [0, 0.1) is 0 Å². The number of amides is 1. The number of likely N-dealkylation sites (N-methyl/N-ethyl adjacent to an activating group) is 1. The molecule has 2 bridgehead atoms. The van der Waals surface area contributed by atoms with E-state index in [2.05, 4.69) is 22.2 Å². The van der Waals surface area contributed by atoms with E-state index < -0.39 is 0 Å². The van der Waals surface area contributed by atoms with E-state index >= 15 is 0 Å². The number of hydrogen-bond acceptors (Lipinski definition) is 4. The van der Waals surface area contributed by atoms with Crippen LogP contribution in [0.3, 0.4) is 0 Å². The lowest BCUT2D eigenvalue weighted by atomic mass is 10.1. The molecule has 2 unspecified atom stereocenters. The van der Waals surface area contributed by atoms with E-state index in [1.165, 1.54) is 12.8 Å². The molecule has 2 fully saturated rings. The molecule has 1 N–H and O–H groups in total. The Morgan fingerprint density at radius 1 is 1.35 bits per heavy atom. The first kappa shape index (κ1) is 13.4. The van der Waals surface area contributed by atoms with Crippen LogP contribution in [0.4, 0.5) is 5.69 Å². The van der Waals surface area contributed by atoms with Crippen molar-refractivity contribution in [2.45, 2.75) is 31.3 Å². The number of nitrogens with one attached hydrogen (secondary N) is 1. The van der Waals surface area contributed by atoms with Gasteiger partial charge in [0.25, 0.3) is 5.91 Å². The highest BCUT2D eigenvalue weighted by Crippen LogP contribution is 2.28. The molecule has 2 aliphatic heterocycles. The van der Waals surface area contributed by atoms with Gasteiger partial charge >= 0.3 is 0 Å². The van der Waals surface area contributed by atoms with Crippen LogP contribution in [0.25, 0.3) is 0 Å². The van der Waals surface area contributed by atoms with Crippen LogP contribution in [0.2, 0.25) is 0 Å². The fourth-order valence-corrected chi connectivity index (χ4v) is 3.36. The lowest BCUT2D eigenvalue weighted by Crippen LogP contribution is -2.40. The largest absolute Gasteiger partial charge is 0.388 e. The number of fused-ring (bicyclic) bond motifs is 2. The van der Waals surface area contributed by atoms with Gasteiger partial charge in [-0.1, -0.05) is 0 Å². The highest BCUT2D eigenvalue weighted by Gasteiger charge is 2.36. The summed E-state index contributed by atoms with van der Waals surface area (Å²) < 4.78 is 0. The molecule has 0 saturated carbocycles. The van der Waals surface area contributed by atoms with E-state index in [1.54, 1.807) is 6.20 Å². The van der Waals surface area contributed by atoms with E-state index in [-0.39, 0.29) is 5.91 Å². The molecule has 1 aromatic heterocycles. The van der Waals surface area contributed by atoms with Crippen molar-refractivity contribution in [3.8, 4) is 0 Å². The smallest absolute Gasteiger partial charge is 0.272 e. The first-order chi connectivity index (χ1) is 9.69. The first-order valence-electron chi connectivity index (χ1n) is 7.34. The lowest BCUT2D eigenvalue weighted by molar-refractivity contribution is 0.0734. The van der Waals surface area contributed by atoms with Crippen molar-refractivity contribution in [3.05, 3.63) is 24.0 Å². The Balaban J connectivity index is 1.77. The average Bonchev–Trinajstić information content (AvgIpc) is 2.71. The Labute approximate surface area is 120 Å². The summed E-state index contributed by atoms with van der Waals surface area (Å²) in [5.41, 5.74) is 1.47. The van der Waals surface area contributed by atoms with Crippen molar-refractivity contribution >= 4 is 11.6 Å². The van der Waals surface area contributed by atoms with Crippen molar-refractivity contribution < 1.29 is 4.79 Å². The monoisotopic (exact) mass is 274 g/mol. The standard InChI is InChI=1S/C15H22N4O/c1-16-11-5-7-17-14(9-11)15(20)19-8-6-12-3-4-13(10-19)18(12)2/h5,7,9,12-13H,3-4,6,8,10H2,1-2H3,(H,16,17). The first-order valence-corrected chi connectivity index (χ1v) is 7.34. The van der Waals surface area contributed by atoms with E-state index in [9.17, 15) is 4.79 Å². The zero-order valence-electron chi connectivity index (χ0n) is 12.2. The van der Waals surface area contributed by atoms with Gasteiger partial charge < -0.3 is 10.2 Å². The van der Waals surface area contributed by atoms with Crippen LogP contribution in [0.1, 0.15) is 29.8 Å². The van der Waals surface area contributed by atoms with Gasteiger partial charge in [0.2, 0.25) is 0 Å². The minimum Gasteiger partial charge on any atom is -0.388 e. The Morgan fingerprint density at radius 3 is 2.95 bits per heavy atom. The van der Waals surface area contributed by atoms with Gasteiger partial charge in [0.15, 0.2) is 0 Å². The SMILES string of the molecule is CNc1ccnc(C(=O)N2CCC3CCC(C2)N3C)c1. The number of aromatic nitrogens is 1. The third-order valence-corrected chi connectivity index (χ3v) is 4.70. The van der Waals surface area contributed by atoms with Gasteiger partial charge in [-0.3, -0.25) is 14.7 Å². The molecule has 5 nitrogen and oxygen atoms in total. The zero-order valence-corrected chi connectivity index (χ0v) is 12.2. The van der Waals surface area contributed by atoms with Crippen LogP contribution in [0.5, 0.6) is 0 Å². The summed E-state index contributed by atoms with van der Waals surface area (Å²) in [5, 5.41) is 3.05. The van der Waals surface area contributed by atoms with Crippen molar-refractivity contribution in [1.29, 1.82) is 0 Å². The highest BCUT2D eigenvalue weighted by atomic mass is 16.2. The van der Waals surface area contributed by atoms with Crippen molar-refractivity contribution in [1.82, 2.24) is 14.8 Å². The summed E-state index contributed by atoms with van der Waals surface area (Å²) in [6.07, 6.45) is 5.24. The maximum absolute atomic E-state index is 12.6. The summed E-state index contributed by atoms with van der Waals surface area (Å²) in [7, 11) is 4.04. The number of anilines is 1. The number of hydrogen-bond donors (Lipinski definition) is 1. The molecule has 0 aliphatic carbocycles. The van der Waals surface area contributed by atoms with Gasteiger partial charge in [-0.15, -0.1) is 0 Å². The number of carbonyl (C=O) groups is 1. The van der Waals surface area contributed by atoms with E-state index in [1.807, 2.05) is 24.1 Å². The number of likely N-dealkylation sites (tertiary alicyclic amines) is 1. The Hall–Kier alpha value is -1.62. The van der Waals surface area contributed by atoms with Crippen molar-refractivity contribution in [3.63, 3.8) is 0 Å². The van der Waals surface area contributed by atoms with Gasteiger partial charge in [-0.2, -0.15) is 0 Å². The molecule has 20 heavy (non-hydrogen) atoms. The van der Waals surface area contributed by atoms with Crippen molar-refractivity contribution in [2.24, 2.45) is 0 Å². The predicted octanol–water partition coefficient (Wildman–Crippen LogP) is 1.43. The summed E-state index contributed by atoms with van der Waals surface area (Å²) >= 11 is 0. The van der Waals surface area contributed by atoms with Crippen LogP contribution in [-0.2, 0) is 0 Å². The number of nitrogens with zero attached hydrogens (tertiary/aromatic N) is 3. The van der Waals surface area contributed by atoms with Gasteiger partial charge in [-0.25, -0.2) is 0 Å². The number of rotatable bonds is 2. The second kappa shape index (κ2) is 5.40. The fraction of sp³-hybridized carbons (Fsp3) is 0.600. The molecule has 3 heterocycles. The van der Waals surface area contributed by atoms with E-state index in [4.69, 9.17) is 0 Å². The maximum atomic E-state index is 12.6. The quantitative estimate of drug-likeness (QED) is 0.886. The molecule has 2 atom stereocenters. The minimum atomic E-state index is 0.0584. The molecule has 3 rings (SSSR count). The Kier molecular flexibility index (Phi) is 3.61. The average molecular weight is 274 g/mol.